The van der Waals surface area contributed by atoms with Crippen LogP contribution >= 0.6 is 0 Å². The summed E-state index contributed by atoms with van der Waals surface area (Å²) in [6.45, 7) is 0.0142. The minimum absolute atomic E-state index is 0.379. The van der Waals surface area contributed by atoms with Gasteiger partial charge >= 0.3 is 5.97 Å². The van der Waals surface area contributed by atoms with Gasteiger partial charge in [0, 0.05) is 6.07 Å². The van der Waals surface area contributed by atoms with Gasteiger partial charge in [-0.05, 0) is 19.1 Å². The van der Waals surface area contributed by atoms with Crippen LogP contribution in [0.3, 0.4) is 0 Å². The Kier molecular flexibility index (Phi) is 4.23. The maximum absolute atomic E-state index is 13.3. The molecule has 0 radical (unpaired) electrons. The Labute approximate surface area is 107 Å². The molecule has 1 aromatic rings. The number of aliphatic carboxylic acids is 1. The predicted molar refractivity (Wildman–Crippen MR) is 59.8 cm³/mol. The molecule has 0 aliphatic rings. The molecular weight excluding hydrogens is 284 g/mol. The van der Waals surface area contributed by atoms with Crippen molar-refractivity contribution < 1.29 is 32.2 Å². The van der Waals surface area contributed by atoms with E-state index in [4.69, 9.17) is 5.11 Å². The molecule has 3 N–H and O–H groups in total. The second kappa shape index (κ2) is 5.19. The van der Waals surface area contributed by atoms with Crippen LogP contribution in [-0.4, -0.2) is 36.7 Å². The monoisotopic (exact) mass is 295 g/mol. The number of sulfonamides is 1. The van der Waals surface area contributed by atoms with Crippen molar-refractivity contribution in [3.05, 3.63) is 29.8 Å². The summed E-state index contributed by atoms with van der Waals surface area (Å²) in [6, 6.07) is 1.82. The first-order valence-electron chi connectivity index (χ1n) is 4.97. The average molecular weight is 295 g/mol. The fourth-order valence-corrected chi connectivity index (χ4v) is 2.27. The Balaban J connectivity index is 2.97. The van der Waals surface area contributed by atoms with Crippen LogP contribution in [0.15, 0.2) is 23.1 Å². The van der Waals surface area contributed by atoms with E-state index >= 15 is 0 Å². The normalized spacial score (nSPS) is 14.9. The van der Waals surface area contributed by atoms with Crippen molar-refractivity contribution in [2.24, 2.45) is 0 Å². The average Bonchev–Trinajstić information content (AvgIpc) is 2.26. The van der Waals surface area contributed by atoms with Crippen LogP contribution in [0.2, 0.25) is 0 Å². The van der Waals surface area contributed by atoms with E-state index in [9.17, 15) is 27.1 Å². The summed E-state index contributed by atoms with van der Waals surface area (Å²) >= 11 is 0. The number of nitrogens with one attached hydrogen (secondary N) is 1. The quantitative estimate of drug-likeness (QED) is 0.713. The number of carboxylic acid groups (broad SMARTS) is 1. The maximum Gasteiger partial charge on any atom is 0.336 e. The molecule has 0 bridgehead atoms. The fourth-order valence-electron chi connectivity index (χ4n) is 1.08. The van der Waals surface area contributed by atoms with Crippen molar-refractivity contribution in [3.63, 3.8) is 0 Å². The molecule has 0 aromatic heterocycles. The zero-order valence-corrected chi connectivity index (χ0v) is 10.5. The number of benzene rings is 1. The highest BCUT2D eigenvalue weighted by Crippen LogP contribution is 2.15. The van der Waals surface area contributed by atoms with Gasteiger partial charge in [-0.15, -0.1) is 0 Å². The molecule has 0 saturated heterocycles. The lowest BCUT2D eigenvalue weighted by Crippen LogP contribution is -2.46. The molecule has 0 fully saturated rings. The van der Waals surface area contributed by atoms with Crippen LogP contribution in [0, 0.1) is 11.6 Å². The van der Waals surface area contributed by atoms with Gasteiger partial charge in [-0.25, -0.2) is 26.7 Å². The lowest BCUT2D eigenvalue weighted by atomic mass is 10.1. The number of hydrogen-bond acceptors (Lipinski definition) is 4. The molecule has 0 spiro atoms. The summed E-state index contributed by atoms with van der Waals surface area (Å²) < 4.78 is 51.0. The highest BCUT2D eigenvalue weighted by Gasteiger charge is 2.32. The number of hydrogen-bond donors (Lipinski definition) is 3. The third-order valence-corrected chi connectivity index (χ3v) is 3.69. The topological polar surface area (TPSA) is 104 Å². The summed E-state index contributed by atoms with van der Waals surface area (Å²) in [4.78, 5) is 9.74. The number of aliphatic hydroxyl groups is 1. The van der Waals surface area contributed by atoms with Gasteiger partial charge in [-0.1, -0.05) is 0 Å². The lowest BCUT2D eigenvalue weighted by Gasteiger charge is -2.18. The van der Waals surface area contributed by atoms with Gasteiger partial charge in [0.15, 0.2) is 5.60 Å². The lowest BCUT2D eigenvalue weighted by molar-refractivity contribution is -0.155. The van der Waals surface area contributed by atoms with E-state index in [-0.39, 0.29) is 0 Å². The van der Waals surface area contributed by atoms with Gasteiger partial charge in [0.05, 0.1) is 6.54 Å². The van der Waals surface area contributed by atoms with Crippen molar-refractivity contribution >= 4 is 16.0 Å². The molecule has 1 rings (SSSR count). The Hall–Kier alpha value is -1.58. The van der Waals surface area contributed by atoms with Crippen molar-refractivity contribution in [2.45, 2.75) is 17.4 Å². The van der Waals surface area contributed by atoms with Crippen LogP contribution in [-0.2, 0) is 14.8 Å². The fraction of sp³-hybridized carbons (Fsp3) is 0.300. The molecule has 0 amide bonds. The van der Waals surface area contributed by atoms with E-state index in [2.05, 4.69) is 0 Å². The summed E-state index contributed by atoms with van der Waals surface area (Å²) in [5.41, 5.74) is -2.34. The molecular formula is C10H11F2NO5S. The summed E-state index contributed by atoms with van der Waals surface area (Å²) in [5, 5.41) is 17.9. The molecule has 19 heavy (non-hydrogen) atoms. The molecule has 0 saturated carbocycles. The Morgan fingerprint density at radius 3 is 2.47 bits per heavy atom. The largest absolute Gasteiger partial charge is 0.479 e. The number of halogens is 2. The first-order chi connectivity index (χ1) is 8.56. The van der Waals surface area contributed by atoms with E-state index in [1.165, 1.54) is 0 Å². The van der Waals surface area contributed by atoms with Crippen molar-refractivity contribution in [3.8, 4) is 0 Å². The van der Waals surface area contributed by atoms with Crippen molar-refractivity contribution in [2.75, 3.05) is 6.54 Å². The van der Waals surface area contributed by atoms with E-state index < -0.39 is 44.7 Å². The minimum Gasteiger partial charge on any atom is -0.479 e. The van der Waals surface area contributed by atoms with Gasteiger partial charge in [-0.2, -0.15) is 0 Å². The molecule has 0 heterocycles. The maximum atomic E-state index is 13.3. The molecule has 9 heteroatoms. The molecule has 1 aromatic carbocycles. The van der Waals surface area contributed by atoms with Crippen LogP contribution in [0.25, 0.3) is 0 Å². The van der Waals surface area contributed by atoms with Gasteiger partial charge in [0.1, 0.15) is 16.5 Å². The van der Waals surface area contributed by atoms with E-state index in [1.54, 1.807) is 4.72 Å². The molecule has 6 nitrogen and oxygen atoms in total. The first-order valence-corrected chi connectivity index (χ1v) is 6.45. The molecule has 1 atom stereocenters. The second-order valence-corrected chi connectivity index (χ2v) is 5.71. The highest BCUT2D eigenvalue weighted by molar-refractivity contribution is 7.89. The molecule has 0 aliphatic heterocycles. The minimum atomic E-state index is -4.39. The first kappa shape index (κ1) is 15.5. The smallest absolute Gasteiger partial charge is 0.336 e. The number of carboxylic acids is 1. The molecule has 1 unspecified atom stereocenters. The van der Waals surface area contributed by atoms with Gasteiger partial charge in [-0.3, -0.25) is 0 Å². The summed E-state index contributed by atoms with van der Waals surface area (Å²) in [6.07, 6.45) is 0. The highest BCUT2D eigenvalue weighted by atomic mass is 32.2. The van der Waals surface area contributed by atoms with Gasteiger partial charge < -0.3 is 10.2 Å². The number of carbonyl (C=O) groups is 1. The van der Waals surface area contributed by atoms with Crippen LogP contribution in [0.1, 0.15) is 6.92 Å². The molecule has 106 valence electrons. The van der Waals surface area contributed by atoms with Gasteiger partial charge in [0.2, 0.25) is 10.0 Å². The van der Waals surface area contributed by atoms with Crippen LogP contribution < -0.4 is 4.72 Å². The zero-order chi connectivity index (χ0) is 14.8. The Morgan fingerprint density at radius 2 is 2.00 bits per heavy atom. The second-order valence-electron chi connectivity index (χ2n) is 3.98. The summed E-state index contributed by atoms with van der Waals surface area (Å²) in [5.74, 6) is -3.91. The van der Waals surface area contributed by atoms with Gasteiger partial charge in [0.25, 0.3) is 0 Å². The van der Waals surface area contributed by atoms with E-state index in [0.717, 1.165) is 13.0 Å². The Bertz CT molecular complexity index is 600. The molecule has 0 aliphatic carbocycles. The predicted octanol–water partition coefficient (Wildman–Crippen LogP) is 0.0787. The third-order valence-electron chi connectivity index (χ3n) is 2.25. The van der Waals surface area contributed by atoms with E-state index in [1.807, 2.05) is 0 Å². The standard InChI is InChI=1S/C10H11F2NO5S/c1-10(16,9(14)15)5-13-19(17,18)8-3-2-6(11)4-7(8)12/h2-4,13,16H,5H2,1H3,(H,14,15). The third kappa shape index (κ3) is 3.69. The van der Waals surface area contributed by atoms with E-state index in [0.29, 0.717) is 12.1 Å². The number of rotatable bonds is 5. The zero-order valence-electron chi connectivity index (χ0n) is 9.72. The van der Waals surface area contributed by atoms with Crippen LogP contribution in [0.5, 0.6) is 0 Å². The van der Waals surface area contributed by atoms with Crippen LogP contribution in [0.4, 0.5) is 8.78 Å². The Morgan fingerprint density at radius 1 is 1.42 bits per heavy atom. The van der Waals surface area contributed by atoms with Crippen molar-refractivity contribution in [1.82, 2.24) is 4.72 Å². The SMILES string of the molecule is CC(O)(CNS(=O)(=O)c1ccc(F)cc1F)C(=O)O. The van der Waals surface area contributed by atoms with Crippen molar-refractivity contribution in [1.29, 1.82) is 0 Å². The summed E-state index contributed by atoms with van der Waals surface area (Å²) in [7, 11) is -4.39.